The molecule has 1 N–H and O–H groups in total. The molecule has 0 amide bonds. The van der Waals surface area contributed by atoms with E-state index in [4.69, 9.17) is 0 Å². The highest BCUT2D eigenvalue weighted by molar-refractivity contribution is 4.75. The number of unbranched alkanes of at least 4 members (excludes halogenated alkanes) is 3. The van der Waals surface area contributed by atoms with Gasteiger partial charge in [-0.2, -0.15) is 0 Å². The molecule has 0 spiro atoms. The smallest absolute Gasteiger partial charge is 0.00669 e. The van der Waals surface area contributed by atoms with Crippen LogP contribution in [0.1, 0.15) is 71.1 Å². The average Bonchev–Trinajstić information content (AvgIpc) is 2.62. The van der Waals surface area contributed by atoms with Gasteiger partial charge in [0.05, 0.1) is 0 Å². The molecule has 0 aromatic heterocycles. The number of hydrogen-bond acceptors (Lipinski definition) is 1. The van der Waals surface area contributed by atoms with Gasteiger partial charge in [0.2, 0.25) is 0 Å². The first-order valence-electron chi connectivity index (χ1n) is 7.69. The minimum absolute atomic E-state index is 0.729. The molecule has 0 heterocycles. The predicted molar refractivity (Wildman–Crippen MR) is 77.3 cm³/mol. The van der Waals surface area contributed by atoms with Gasteiger partial charge in [-0.25, -0.2) is 0 Å². The molecule has 0 saturated heterocycles. The molecule has 1 aliphatic rings. The number of allylic oxidation sites excluding steroid dienone is 1. The highest BCUT2D eigenvalue weighted by Gasteiger charge is 2.17. The summed E-state index contributed by atoms with van der Waals surface area (Å²) in [6, 6.07) is 0.729. The Morgan fingerprint density at radius 3 is 2.47 bits per heavy atom. The molecule has 1 heteroatoms. The van der Waals surface area contributed by atoms with Crippen molar-refractivity contribution in [1.82, 2.24) is 5.32 Å². The van der Waals surface area contributed by atoms with E-state index < -0.39 is 0 Å². The summed E-state index contributed by atoms with van der Waals surface area (Å²) in [5, 5.41) is 3.73. The minimum atomic E-state index is 0.729. The van der Waals surface area contributed by atoms with Crippen LogP contribution in [0.3, 0.4) is 0 Å². The van der Waals surface area contributed by atoms with Crippen molar-refractivity contribution in [3.05, 3.63) is 12.7 Å². The van der Waals surface area contributed by atoms with Crippen molar-refractivity contribution in [3.63, 3.8) is 0 Å². The summed E-state index contributed by atoms with van der Waals surface area (Å²) in [6.07, 6.45) is 15.9. The molecule has 0 radical (unpaired) electrons. The van der Waals surface area contributed by atoms with Gasteiger partial charge in [-0.15, -0.1) is 6.58 Å². The molecule has 0 aromatic carbocycles. The van der Waals surface area contributed by atoms with E-state index in [-0.39, 0.29) is 0 Å². The topological polar surface area (TPSA) is 12.0 Å². The Bertz CT molecular complexity index is 180. The zero-order valence-electron chi connectivity index (χ0n) is 11.7. The molecule has 17 heavy (non-hydrogen) atoms. The Labute approximate surface area is 108 Å². The van der Waals surface area contributed by atoms with Crippen LogP contribution in [0.25, 0.3) is 0 Å². The van der Waals surface area contributed by atoms with Crippen LogP contribution in [0.15, 0.2) is 12.7 Å². The Morgan fingerprint density at radius 2 is 1.82 bits per heavy atom. The fraction of sp³-hybridized carbons (Fsp3) is 0.875. The molecule has 1 atom stereocenters. The van der Waals surface area contributed by atoms with E-state index in [1.165, 1.54) is 70.8 Å². The van der Waals surface area contributed by atoms with E-state index in [0.717, 1.165) is 12.0 Å². The van der Waals surface area contributed by atoms with Gasteiger partial charge in [-0.05, 0) is 51.5 Å². The third kappa shape index (κ3) is 6.88. The van der Waals surface area contributed by atoms with Gasteiger partial charge in [0, 0.05) is 6.04 Å². The van der Waals surface area contributed by atoms with Gasteiger partial charge in [0.1, 0.15) is 0 Å². The molecule has 1 fully saturated rings. The maximum atomic E-state index is 3.76. The van der Waals surface area contributed by atoms with Crippen LogP contribution in [-0.4, -0.2) is 12.6 Å². The van der Waals surface area contributed by atoms with E-state index in [0.29, 0.717) is 0 Å². The van der Waals surface area contributed by atoms with Gasteiger partial charge in [0.15, 0.2) is 0 Å². The first-order chi connectivity index (χ1) is 8.34. The van der Waals surface area contributed by atoms with Crippen LogP contribution in [0, 0.1) is 5.92 Å². The molecule has 1 saturated carbocycles. The molecule has 100 valence electrons. The highest BCUT2D eigenvalue weighted by Crippen LogP contribution is 2.25. The Kier molecular flexibility index (Phi) is 8.42. The van der Waals surface area contributed by atoms with Gasteiger partial charge in [0.25, 0.3) is 0 Å². The van der Waals surface area contributed by atoms with Crippen molar-refractivity contribution in [1.29, 1.82) is 0 Å². The monoisotopic (exact) mass is 237 g/mol. The fourth-order valence-corrected chi connectivity index (χ4v) is 2.90. The summed E-state index contributed by atoms with van der Waals surface area (Å²) in [5.74, 6) is 0.936. The lowest BCUT2D eigenvalue weighted by Gasteiger charge is -2.23. The van der Waals surface area contributed by atoms with Gasteiger partial charge in [-0.3, -0.25) is 0 Å². The third-order valence-corrected chi connectivity index (χ3v) is 4.16. The van der Waals surface area contributed by atoms with Crippen molar-refractivity contribution in [3.8, 4) is 0 Å². The quantitative estimate of drug-likeness (QED) is 0.367. The molecule has 0 aliphatic heterocycles. The first kappa shape index (κ1) is 14.8. The highest BCUT2D eigenvalue weighted by atomic mass is 14.9. The van der Waals surface area contributed by atoms with Crippen LogP contribution >= 0.6 is 0 Å². The van der Waals surface area contributed by atoms with Crippen molar-refractivity contribution in [2.24, 2.45) is 5.92 Å². The summed E-state index contributed by atoms with van der Waals surface area (Å²) >= 11 is 0. The third-order valence-electron chi connectivity index (χ3n) is 4.16. The van der Waals surface area contributed by atoms with E-state index in [1.54, 1.807) is 0 Å². The summed E-state index contributed by atoms with van der Waals surface area (Å²) < 4.78 is 0. The molecule has 1 nitrogen and oxygen atoms in total. The van der Waals surface area contributed by atoms with Crippen LogP contribution < -0.4 is 5.32 Å². The summed E-state index contributed by atoms with van der Waals surface area (Å²) in [5.41, 5.74) is 0. The Morgan fingerprint density at radius 1 is 1.12 bits per heavy atom. The van der Waals surface area contributed by atoms with Crippen molar-refractivity contribution in [2.45, 2.75) is 77.2 Å². The SMILES string of the molecule is C=CCCCCCN[C@H](C)C1CCCCCC1. The zero-order valence-corrected chi connectivity index (χ0v) is 11.7. The van der Waals surface area contributed by atoms with Gasteiger partial charge < -0.3 is 5.32 Å². The second-order valence-electron chi connectivity index (χ2n) is 5.63. The Balaban J connectivity index is 2.02. The minimum Gasteiger partial charge on any atom is -0.314 e. The van der Waals surface area contributed by atoms with Gasteiger partial charge in [-0.1, -0.05) is 38.2 Å². The van der Waals surface area contributed by atoms with Crippen molar-refractivity contribution in [2.75, 3.05) is 6.54 Å². The lowest BCUT2D eigenvalue weighted by molar-refractivity contribution is 0.336. The first-order valence-corrected chi connectivity index (χ1v) is 7.69. The van der Waals surface area contributed by atoms with Crippen LogP contribution in [0.4, 0.5) is 0 Å². The summed E-state index contributed by atoms with van der Waals surface area (Å²) in [7, 11) is 0. The maximum Gasteiger partial charge on any atom is 0.00669 e. The maximum absolute atomic E-state index is 3.76. The molecule has 1 aliphatic carbocycles. The molecule has 1 rings (SSSR count). The average molecular weight is 237 g/mol. The molecule has 0 bridgehead atoms. The number of hydrogen-bond donors (Lipinski definition) is 1. The van der Waals surface area contributed by atoms with Crippen LogP contribution in [0.2, 0.25) is 0 Å². The molecular weight excluding hydrogens is 206 g/mol. The normalized spacial score (nSPS) is 19.8. The number of rotatable bonds is 8. The molecule has 0 unspecified atom stereocenters. The zero-order chi connectivity index (χ0) is 12.3. The molecule has 0 aromatic rings. The van der Waals surface area contributed by atoms with Crippen molar-refractivity contribution >= 4 is 0 Å². The second kappa shape index (κ2) is 9.70. The largest absolute Gasteiger partial charge is 0.314 e. The van der Waals surface area contributed by atoms with Crippen molar-refractivity contribution < 1.29 is 0 Å². The second-order valence-corrected chi connectivity index (χ2v) is 5.63. The van der Waals surface area contributed by atoms with Crippen LogP contribution in [-0.2, 0) is 0 Å². The Hall–Kier alpha value is -0.300. The van der Waals surface area contributed by atoms with Crippen LogP contribution in [0.5, 0.6) is 0 Å². The van der Waals surface area contributed by atoms with E-state index >= 15 is 0 Å². The summed E-state index contributed by atoms with van der Waals surface area (Å²) in [6.45, 7) is 7.35. The summed E-state index contributed by atoms with van der Waals surface area (Å²) in [4.78, 5) is 0. The molecular formula is C16H31N. The van der Waals surface area contributed by atoms with Gasteiger partial charge >= 0.3 is 0 Å². The van der Waals surface area contributed by atoms with E-state index in [2.05, 4.69) is 18.8 Å². The van der Waals surface area contributed by atoms with E-state index in [1.807, 2.05) is 6.08 Å². The lowest BCUT2D eigenvalue weighted by atomic mass is 9.93. The standard InChI is InChI=1S/C16H31N/c1-3-4-5-8-11-14-17-15(2)16-12-9-6-7-10-13-16/h3,15-17H,1,4-14H2,2H3/t15-/m1/s1. The lowest BCUT2D eigenvalue weighted by Crippen LogP contribution is -2.34. The predicted octanol–water partition coefficient (Wildman–Crippen LogP) is 4.68. The number of nitrogens with one attached hydrogen (secondary N) is 1. The van der Waals surface area contributed by atoms with E-state index in [9.17, 15) is 0 Å². The fourth-order valence-electron chi connectivity index (χ4n) is 2.90.